The van der Waals surface area contributed by atoms with Crippen LogP contribution in [0, 0.1) is 0 Å². The van der Waals surface area contributed by atoms with Gasteiger partial charge in [0.05, 0.1) is 11.4 Å². The van der Waals surface area contributed by atoms with Crippen LogP contribution >= 0.6 is 0 Å². The van der Waals surface area contributed by atoms with Crippen LogP contribution in [0.5, 0.6) is 0 Å². The van der Waals surface area contributed by atoms with Crippen LogP contribution in [0.4, 0.5) is 16.2 Å². The van der Waals surface area contributed by atoms with Crippen LogP contribution in [0.2, 0.25) is 0 Å². The van der Waals surface area contributed by atoms with E-state index in [0.717, 1.165) is 17.8 Å². The molecule has 0 unspecified atom stereocenters. The molecule has 0 aromatic heterocycles. The fourth-order valence-electron chi connectivity index (χ4n) is 3.08. The lowest BCUT2D eigenvalue weighted by molar-refractivity contribution is 0.248. The third-order valence-electron chi connectivity index (χ3n) is 4.34. The number of allylic oxidation sites excluding steroid dienone is 1. The Hall–Kier alpha value is -2.55. The molecule has 1 N–H and O–H groups in total. The lowest BCUT2D eigenvalue weighted by atomic mass is 9.97. The Kier molecular flexibility index (Phi) is 5.67. The Labute approximate surface area is 144 Å². The van der Waals surface area contributed by atoms with Gasteiger partial charge >= 0.3 is 6.03 Å². The first kappa shape index (κ1) is 16.3. The summed E-state index contributed by atoms with van der Waals surface area (Å²) in [4.78, 5) is 14.5. The third-order valence-corrected chi connectivity index (χ3v) is 4.34. The summed E-state index contributed by atoms with van der Waals surface area (Å²) in [6.07, 6.45) is 8.22. The molecular weight excluding hydrogens is 296 g/mol. The first-order chi connectivity index (χ1) is 11.8. The van der Waals surface area contributed by atoms with Gasteiger partial charge in [-0.15, -0.1) is 0 Å². The Morgan fingerprint density at radius 3 is 2.08 bits per heavy atom. The lowest BCUT2D eigenvalue weighted by Crippen LogP contribution is -2.37. The van der Waals surface area contributed by atoms with Crippen molar-refractivity contribution in [1.29, 1.82) is 0 Å². The Bertz CT molecular complexity index is 640. The molecule has 0 aliphatic heterocycles. The number of amides is 2. The highest BCUT2D eigenvalue weighted by molar-refractivity contribution is 5.99. The van der Waals surface area contributed by atoms with Crippen molar-refractivity contribution >= 4 is 17.4 Å². The number of nitrogens with one attached hydrogen (secondary N) is 1. The molecule has 0 fully saturated rings. The number of rotatable bonds is 5. The molecular formula is C21H24N2O. The van der Waals surface area contributed by atoms with E-state index in [-0.39, 0.29) is 6.03 Å². The minimum absolute atomic E-state index is 0.0798. The van der Waals surface area contributed by atoms with Crippen molar-refractivity contribution in [3.8, 4) is 0 Å². The van der Waals surface area contributed by atoms with Gasteiger partial charge in [-0.2, -0.15) is 0 Å². The van der Waals surface area contributed by atoms with E-state index in [1.807, 2.05) is 60.7 Å². The van der Waals surface area contributed by atoms with E-state index in [9.17, 15) is 4.79 Å². The standard InChI is InChI=1S/C21H24N2O/c24-21(22-17-16-18-10-4-1-5-11-18)23(19-12-6-2-7-13-19)20-14-8-3-9-15-20/h2-3,6-10,12-15H,1,4-5,11,16-17H2,(H,22,24). The summed E-state index contributed by atoms with van der Waals surface area (Å²) < 4.78 is 0. The third kappa shape index (κ3) is 4.25. The molecule has 0 atom stereocenters. The number of anilines is 2. The number of para-hydroxylation sites is 2. The Balaban J connectivity index is 1.69. The van der Waals surface area contributed by atoms with Crippen molar-refractivity contribution in [2.24, 2.45) is 0 Å². The SMILES string of the molecule is O=C(NCCC1=CCCCC1)N(c1ccccc1)c1ccccc1. The topological polar surface area (TPSA) is 32.3 Å². The summed E-state index contributed by atoms with van der Waals surface area (Å²) in [5.74, 6) is 0. The van der Waals surface area contributed by atoms with Crippen molar-refractivity contribution < 1.29 is 4.79 Å². The number of hydrogen-bond acceptors (Lipinski definition) is 1. The molecule has 2 amide bonds. The van der Waals surface area contributed by atoms with Gasteiger partial charge in [-0.25, -0.2) is 4.79 Å². The summed E-state index contributed by atoms with van der Waals surface area (Å²) in [5.41, 5.74) is 3.23. The molecule has 124 valence electrons. The van der Waals surface area contributed by atoms with Crippen LogP contribution in [0.25, 0.3) is 0 Å². The molecule has 3 heteroatoms. The van der Waals surface area contributed by atoms with Crippen molar-refractivity contribution in [2.45, 2.75) is 32.1 Å². The lowest BCUT2D eigenvalue weighted by Gasteiger charge is -2.23. The van der Waals surface area contributed by atoms with E-state index >= 15 is 0 Å². The van der Waals surface area contributed by atoms with Gasteiger partial charge < -0.3 is 5.32 Å². The van der Waals surface area contributed by atoms with E-state index in [0.29, 0.717) is 6.54 Å². The number of hydrogen-bond donors (Lipinski definition) is 1. The molecule has 0 radical (unpaired) electrons. The zero-order valence-electron chi connectivity index (χ0n) is 13.9. The van der Waals surface area contributed by atoms with Gasteiger partial charge in [0.25, 0.3) is 0 Å². The Morgan fingerprint density at radius 1 is 0.917 bits per heavy atom. The first-order valence-corrected chi connectivity index (χ1v) is 8.70. The minimum atomic E-state index is -0.0798. The second-order valence-corrected chi connectivity index (χ2v) is 6.10. The largest absolute Gasteiger partial charge is 0.337 e. The fraction of sp³-hybridized carbons (Fsp3) is 0.286. The molecule has 1 aliphatic carbocycles. The highest BCUT2D eigenvalue weighted by atomic mass is 16.2. The fourth-order valence-corrected chi connectivity index (χ4v) is 3.08. The van der Waals surface area contributed by atoms with Gasteiger partial charge in [0, 0.05) is 6.54 Å². The maximum absolute atomic E-state index is 12.8. The molecule has 0 saturated heterocycles. The molecule has 0 spiro atoms. The monoisotopic (exact) mass is 320 g/mol. The zero-order valence-corrected chi connectivity index (χ0v) is 13.9. The number of carbonyl (C=O) groups is 1. The smallest absolute Gasteiger partial charge is 0.326 e. The molecule has 2 aromatic carbocycles. The van der Waals surface area contributed by atoms with Gasteiger partial charge in [-0.05, 0) is 56.4 Å². The molecule has 3 nitrogen and oxygen atoms in total. The van der Waals surface area contributed by atoms with Crippen LogP contribution in [0.1, 0.15) is 32.1 Å². The van der Waals surface area contributed by atoms with Gasteiger partial charge in [-0.3, -0.25) is 4.90 Å². The average molecular weight is 320 g/mol. The van der Waals surface area contributed by atoms with Crippen molar-refractivity contribution in [3.63, 3.8) is 0 Å². The summed E-state index contributed by atoms with van der Waals surface area (Å²) in [7, 11) is 0. The molecule has 0 heterocycles. The van der Waals surface area contributed by atoms with Crippen LogP contribution < -0.4 is 10.2 Å². The van der Waals surface area contributed by atoms with E-state index in [4.69, 9.17) is 0 Å². The van der Waals surface area contributed by atoms with Gasteiger partial charge in [-0.1, -0.05) is 48.0 Å². The quantitative estimate of drug-likeness (QED) is 0.732. The van der Waals surface area contributed by atoms with Crippen LogP contribution in [-0.2, 0) is 0 Å². The van der Waals surface area contributed by atoms with E-state index in [1.165, 1.54) is 31.3 Å². The van der Waals surface area contributed by atoms with E-state index in [2.05, 4.69) is 11.4 Å². The summed E-state index contributed by atoms with van der Waals surface area (Å²) in [5, 5.41) is 3.07. The number of benzene rings is 2. The van der Waals surface area contributed by atoms with Crippen LogP contribution in [0.15, 0.2) is 72.3 Å². The summed E-state index contributed by atoms with van der Waals surface area (Å²) >= 11 is 0. The first-order valence-electron chi connectivity index (χ1n) is 8.70. The van der Waals surface area contributed by atoms with Crippen molar-refractivity contribution in [3.05, 3.63) is 72.3 Å². The number of urea groups is 1. The highest BCUT2D eigenvalue weighted by Gasteiger charge is 2.17. The summed E-state index contributed by atoms with van der Waals surface area (Å²) in [6.45, 7) is 0.681. The normalized spacial score (nSPS) is 13.9. The highest BCUT2D eigenvalue weighted by Crippen LogP contribution is 2.25. The number of carbonyl (C=O) groups excluding carboxylic acids is 1. The van der Waals surface area contributed by atoms with Crippen molar-refractivity contribution in [1.82, 2.24) is 5.32 Å². The molecule has 0 saturated carbocycles. The minimum Gasteiger partial charge on any atom is -0.337 e. The van der Waals surface area contributed by atoms with Gasteiger partial charge in [0.2, 0.25) is 0 Å². The molecule has 3 rings (SSSR count). The Morgan fingerprint density at radius 2 is 1.54 bits per heavy atom. The molecule has 2 aromatic rings. The second-order valence-electron chi connectivity index (χ2n) is 6.10. The molecule has 24 heavy (non-hydrogen) atoms. The van der Waals surface area contributed by atoms with Crippen LogP contribution in [0.3, 0.4) is 0 Å². The van der Waals surface area contributed by atoms with Crippen LogP contribution in [-0.4, -0.2) is 12.6 Å². The summed E-state index contributed by atoms with van der Waals surface area (Å²) in [6, 6.07) is 19.5. The predicted molar refractivity (Wildman–Crippen MR) is 99.6 cm³/mol. The molecule has 1 aliphatic rings. The molecule has 0 bridgehead atoms. The zero-order chi connectivity index (χ0) is 16.6. The van der Waals surface area contributed by atoms with E-state index < -0.39 is 0 Å². The second kappa shape index (κ2) is 8.34. The van der Waals surface area contributed by atoms with Crippen molar-refractivity contribution in [2.75, 3.05) is 11.4 Å². The predicted octanol–water partition coefficient (Wildman–Crippen LogP) is 5.42. The maximum Gasteiger partial charge on any atom is 0.326 e. The van der Waals surface area contributed by atoms with Gasteiger partial charge in [0.15, 0.2) is 0 Å². The maximum atomic E-state index is 12.8. The van der Waals surface area contributed by atoms with Gasteiger partial charge in [0.1, 0.15) is 0 Å². The number of nitrogens with zero attached hydrogens (tertiary/aromatic N) is 1. The van der Waals surface area contributed by atoms with E-state index in [1.54, 1.807) is 4.90 Å². The average Bonchev–Trinajstić information content (AvgIpc) is 2.65.